The number of hydrogen-bond acceptors (Lipinski definition) is 3. The van der Waals surface area contributed by atoms with Crippen LogP contribution in [0.5, 0.6) is 0 Å². The Bertz CT molecular complexity index is 446. The first-order chi connectivity index (χ1) is 9.67. The van der Waals surface area contributed by atoms with Crippen LogP contribution in [-0.4, -0.2) is 66.4 Å². The van der Waals surface area contributed by atoms with E-state index in [2.05, 4.69) is 6.92 Å². The maximum atomic E-state index is 11.8. The van der Waals surface area contributed by atoms with E-state index in [-0.39, 0.29) is 62.9 Å². The van der Waals surface area contributed by atoms with Gasteiger partial charge >= 0.3 is 0 Å². The molecule has 1 aromatic carbocycles. The summed E-state index contributed by atoms with van der Waals surface area (Å²) < 4.78 is 28.7. The topological polar surface area (TPSA) is 43.4 Å². The van der Waals surface area contributed by atoms with Gasteiger partial charge in [-0.1, -0.05) is 70.1 Å². The minimum Gasteiger partial charge on any atom is -0.266 e. The third-order valence-corrected chi connectivity index (χ3v) is 4.59. The summed E-state index contributed by atoms with van der Waals surface area (Å²) >= 11 is 0. The third kappa shape index (κ3) is 10.2. The van der Waals surface area contributed by atoms with Crippen molar-refractivity contribution < 1.29 is 12.6 Å². The Morgan fingerprint density at radius 1 is 0.857 bits per heavy atom. The molecule has 1 radical (unpaired) electrons. The van der Waals surface area contributed by atoms with Crippen molar-refractivity contribution in [2.75, 3.05) is 6.61 Å². The second-order valence-electron chi connectivity index (χ2n) is 5.06. The quantitative estimate of drug-likeness (QED) is 0.346. The fourth-order valence-corrected chi connectivity index (χ4v) is 3.02. The zero-order chi connectivity index (χ0) is 14.7. The zero-order valence-electron chi connectivity index (χ0n) is 13.4. The van der Waals surface area contributed by atoms with Crippen molar-refractivity contribution in [1.82, 2.24) is 0 Å². The minimum atomic E-state index is -3.57. The van der Waals surface area contributed by atoms with Crippen LogP contribution in [0.25, 0.3) is 0 Å². The van der Waals surface area contributed by atoms with Gasteiger partial charge in [0.1, 0.15) is 0 Å². The van der Waals surface area contributed by atoms with Gasteiger partial charge in [-0.25, -0.2) is 0 Å². The predicted octanol–water partition coefficient (Wildman–Crippen LogP) is 4.15. The van der Waals surface area contributed by atoms with Gasteiger partial charge < -0.3 is 0 Å². The molecular weight excluding hydrogens is 311 g/mol. The fourth-order valence-electron chi connectivity index (χ4n) is 2.06. The van der Waals surface area contributed by atoms with Gasteiger partial charge in [0.2, 0.25) is 0 Å². The standard InChI is InChI=1S/C16H26O3S.K/c1-2-3-4-5-6-7-8-12-15-19-20(17,18)16-13-10-9-11-14-16;/h9-11,13-14H,2-8,12,15H2,1H3;. The van der Waals surface area contributed by atoms with E-state index in [4.69, 9.17) is 4.18 Å². The Morgan fingerprint density at radius 3 is 1.95 bits per heavy atom. The second kappa shape index (κ2) is 13.2. The summed E-state index contributed by atoms with van der Waals surface area (Å²) in [6.45, 7) is 2.50. The molecule has 0 aliphatic rings. The van der Waals surface area contributed by atoms with E-state index < -0.39 is 10.1 Å². The summed E-state index contributed by atoms with van der Waals surface area (Å²) in [7, 11) is -3.57. The largest absolute Gasteiger partial charge is 0.296 e. The average Bonchev–Trinajstić information content (AvgIpc) is 2.46. The van der Waals surface area contributed by atoms with Crippen LogP contribution >= 0.6 is 0 Å². The number of rotatable bonds is 11. The van der Waals surface area contributed by atoms with Gasteiger partial charge in [0, 0.05) is 51.4 Å². The van der Waals surface area contributed by atoms with Gasteiger partial charge in [-0.2, -0.15) is 8.42 Å². The Kier molecular flexibility index (Phi) is 13.7. The predicted molar refractivity (Wildman–Crippen MR) is 87.9 cm³/mol. The molecule has 1 rings (SSSR count). The molecule has 0 aromatic heterocycles. The van der Waals surface area contributed by atoms with Gasteiger partial charge in [0.25, 0.3) is 10.1 Å². The number of unbranched alkanes of at least 4 members (excludes halogenated alkanes) is 7. The smallest absolute Gasteiger partial charge is 0.266 e. The minimum absolute atomic E-state index is 0. The van der Waals surface area contributed by atoms with Crippen LogP contribution in [0, 0.1) is 0 Å². The van der Waals surface area contributed by atoms with Gasteiger partial charge in [-0.3, -0.25) is 4.18 Å². The number of benzene rings is 1. The molecule has 0 fully saturated rings. The van der Waals surface area contributed by atoms with Crippen LogP contribution in [-0.2, 0) is 14.3 Å². The molecule has 0 saturated carbocycles. The Labute approximate surface area is 172 Å². The summed E-state index contributed by atoms with van der Waals surface area (Å²) in [6, 6.07) is 8.31. The van der Waals surface area contributed by atoms with Crippen LogP contribution in [0.15, 0.2) is 35.2 Å². The molecule has 0 bridgehead atoms. The van der Waals surface area contributed by atoms with E-state index in [1.54, 1.807) is 30.3 Å². The molecule has 0 amide bonds. The molecule has 0 saturated heterocycles. The van der Waals surface area contributed by atoms with Crippen molar-refractivity contribution in [3.05, 3.63) is 30.3 Å². The summed E-state index contributed by atoms with van der Waals surface area (Å²) in [5.74, 6) is 0. The molecule has 0 spiro atoms. The molecule has 0 unspecified atom stereocenters. The zero-order valence-corrected chi connectivity index (χ0v) is 17.3. The van der Waals surface area contributed by atoms with Gasteiger partial charge in [-0.05, 0) is 18.6 Å². The Morgan fingerprint density at radius 2 is 1.38 bits per heavy atom. The molecule has 115 valence electrons. The van der Waals surface area contributed by atoms with E-state index in [0.29, 0.717) is 0 Å². The van der Waals surface area contributed by atoms with E-state index in [1.807, 2.05) is 0 Å². The van der Waals surface area contributed by atoms with E-state index in [0.717, 1.165) is 12.8 Å². The van der Waals surface area contributed by atoms with Crippen molar-refractivity contribution in [2.24, 2.45) is 0 Å². The van der Waals surface area contributed by atoms with Gasteiger partial charge in [0.05, 0.1) is 11.5 Å². The fraction of sp³-hybridized carbons (Fsp3) is 0.625. The van der Waals surface area contributed by atoms with Crippen molar-refractivity contribution in [2.45, 2.75) is 63.2 Å². The van der Waals surface area contributed by atoms with Crippen molar-refractivity contribution in [3.8, 4) is 0 Å². The molecule has 3 nitrogen and oxygen atoms in total. The monoisotopic (exact) mass is 337 g/mol. The van der Waals surface area contributed by atoms with E-state index in [1.165, 1.54) is 38.5 Å². The molecule has 0 aliphatic carbocycles. The first kappa shape index (κ1) is 21.8. The molecule has 0 aliphatic heterocycles. The molecule has 0 N–H and O–H groups in total. The number of hydrogen-bond donors (Lipinski definition) is 0. The van der Waals surface area contributed by atoms with Crippen molar-refractivity contribution in [1.29, 1.82) is 0 Å². The normalized spacial score (nSPS) is 11.1. The van der Waals surface area contributed by atoms with E-state index >= 15 is 0 Å². The molecule has 0 heterocycles. The molecule has 5 heteroatoms. The first-order valence-electron chi connectivity index (χ1n) is 7.61. The second-order valence-corrected chi connectivity index (χ2v) is 6.68. The maximum absolute atomic E-state index is 11.8. The summed E-state index contributed by atoms with van der Waals surface area (Å²) in [6.07, 6.45) is 9.44. The maximum Gasteiger partial charge on any atom is 0.296 e. The Balaban J connectivity index is 0.00000400. The van der Waals surface area contributed by atoms with Crippen LogP contribution in [0.4, 0.5) is 0 Å². The summed E-state index contributed by atoms with van der Waals surface area (Å²) in [4.78, 5) is 0.236. The van der Waals surface area contributed by atoms with Crippen LogP contribution in [0.2, 0.25) is 0 Å². The third-order valence-electron chi connectivity index (χ3n) is 3.27. The van der Waals surface area contributed by atoms with Gasteiger partial charge in [-0.15, -0.1) is 0 Å². The first-order valence-corrected chi connectivity index (χ1v) is 9.02. The van der Waals surface area contributed by atoms with Gasteiger partial charge in [0.15, 0.2) is 0 Å². The Hall–Kier alpha value is 0.766. The molecule has 1 aromatic rings. The van der Waals surface area contributed by atoms with Crippen LogP contribution in [0.3, 0.4) is 0 Å². The van der Waals surface area contributed by atoms with E-state index in [9.17, 15) is 8.42 Å². The molecular formula is C16H26KO3S. The van der Waals surface area contributed by atoms with Crippen LogP contribution < -0.4 is 0 Å². The average molecular weight is 338 g/mol. The van der Waals surface area contributed by atoms with Crippen molar-refractivity contribution >= 4 is 61.5 Å². The summed E-state index contributed by atoms with van der Waals surface area (Å²) in [5, 5.41) is 0. The van der Waals surface area contributed by atoms with Crippen LogP contribution in [0.1, 0.15) is 58.3 Å². The SMILES string of the molecule is CCCCCCCCCCOS(=O)(=O)c1ccccc1.[K]. The molecule has 0 atom stereocenters. The molecule has 21 heavy (non-hydrogen) atoms. The summed E-state index contributed by atoms with van der Waals surface area (Å²) in [5.41, 5.74) is 0. The van der Waals surface area contributed by atoms with Crippen molar-refractivity contribution in [3.63, 3.8) is 0 Å².